The molecule has 0 saturated heterocycles. The monoisotopic (exact) mass is 615 g/mol. The first-order valence-electron chi connectivity index (χ1n) is 16.1. The first-order valence-corrected chi connectivity index (χ1v) is 16.1. The van der Waals surface area contributed by atoms with Gasteiger partial charge in [0.25, 0.3) is 0 Å². The quantitative estimate of drug-likeness (QED) is 0.187. The first-order chi connectivity index (χ1) is 23.7. The van der Waals surface area contributed by atoms with Gasteiger partial charge in [-0.2, -0.15) is 0 Å². The summed E-state index contributed by atoms with van der Waals surface area (Å²) in [6, 6.07) is 56.8. The van der Waals surface area contributed by atoms with Gasteiger partial charge in [0.2, 0.25) is 0 Å². The number of fused-ring (bicyclic) bond motifs is 4. The van der Waals surface area contributed by atoms with E-state index >= 15 is 0 Å². The number of aromatic nitrogens is 3. The lowest BCUT2D eigenvalue weighted by Crippen LogP contribution is -2.04. The van der Waals surface area contributed by atoms with E-state index in [1.165, 1.54) is 16.5 Å². The lowest BCUT2D eigenvalue weighted by atomic mass is 9.98. The number of furan rings is 1. The molecule has 0 fully saturated rings. The summed E-state index contributed by atoms with van der Waals surface area (Å²) in [6.45, 7) is 0. The van der Waals surface area contributed by atoms with E-state index in [1.807, 2.05) is 48.5 Å². The first kappa shape index (κ1) is 27.9. The van der Waals surface area contributed by atoms with Crippen LogP contribution < -0.4 is 0 Å². The van der Waals surface area contributed by atoms with E-state index in [-0.39, 0.29) is 0 Å². The molecule has 9 rings (SSSR count). The summed E-state index contributed by atoms with van der Waals surface area (Å²) < 4.78 is 6.37. The minimum Gasteiger partial charge on any atom is -0.456 e. The highest BCUT2D eigenvalue weighted by Gasteiger charge is 2.16. The van der Waals surface area contributed by atoms with Crippen LogP contribution in [-0.4, -0.2) is 15.0 Å². The molecule has 0 aliphatic heterocycles. The molecule has 0 saturated carbocycles. The van der Waals surface area contributed by atoms with Gasteiger partial charge in [-0.05, 0) is 62.9 Å². The van der Waals surface area contributed by atoms with Crippen LogP contribution in [0.25, 0.3) is 77.7 Å². The summed E-state index contributed by atoms with van der Waals surface area (Å²) in [7, 11) is 0. The maximum Gasteiger partial charge on any atom is 0.163 e. The Kier molecular flexibility index (Phi) is 6.83. The van der Waals surface area contributed by atoms with Crippen LogP contribution in [0.3, 0.4) is 0 Å². The van der Waals surface area contributed by atoms with Crippen molar-refractivity contribution in [3.05, 3.63) is 175 Å². The number of benzene rings is 7. The van der Waals surface area contributed by atoms with E-state index in [0.29, 0.717) is 23.9 Å². The zero-order chi connectivity index (χ0) is 31.9. The minimum absolute atomic E-state index is 0.533. The van der Waals surface area contributed by atoms with Crippen LogP contribution >= 0.6 is 0 Å². The fraction of sp³-hybridized carbons (Fsp3) is 0.0227. The highest BCUT2D eigenvalue weighted by molar-refractivity contribution is 6.08. The number of rotatable bonds is 6. The molecule has 9 aromatic rings. The van der Waals surface area contributed by atoms with Gasteiger partial charge in [-0.3, -0.25) is 0 Å². The van der Waals surface area contributed by atoms with Crippen molar-refractivity contribution in [2.75, 3.05) is 0 Å². The fourth-order valence-corrected chi connectivity index (χ4v) is 6.56. The zero-order valence-corrected chi connectivity index (χ0v) is 26.0. The van der Waals surface area contributed by atoms with Crippen molar-refractivity contribution in [1.82, 2.24) is 15.0 Å². The van der Waals surface area contributed by atoms with Gasteiger partial charge in [0, 0.05) is 28.3 Å². The van der Waals surface area contributed by atoms with Crippen LogP contribution in [0.2, 0.25) is 0 Å². The molecule has 0 spiro atoms. The number of nitrogens with zero attached hydrogens (tertiary/aromatic N) is 3. The Morgan fingerprint density at radius 3 is 1.77 bits per heavy atom. The second kappa shape index (κ2) is 11.8. The van der Waals surface area contributed by atoms with Crippen LogP contribution in [0.5, 0.6) is 0 Å². The molecule has 0 radical (unpaired) electrons. The third-order valence-electron chi connectivity index (χ3n) is 8.98. The average Bonchev–Trinajstić information content (AvgIpc) is 3.54. The summed E-state index contributed by atoms with van der Waals surface area (Å²) in [5, 5.41) is 4.50. The normalized spacial score (nSPS) is 11.4. The molecule has 0 bridgehead atoms. The van der Waals surface area contributed by atoms with Gasteiger partial charge in [-0.15, -0.1) is 0 Å². The number of hydrogen-bond acceptors (Lipinski definition) is 4. The fourth-order valence-electron chi connectivity index (χ4n) is 6.56. The van der Waals surface area contributed by atoms with Gasteiger partial charge in [0.15, 0.2) is 11.6 Å². The smallest absolute Gasteiger partial charge is 0.163 e. The lowest BCUT2D eigenvalue weighted by Gasteiger charge is -2.10. The molecule has 0 unspecified atom stereocenters. The maximum absolute atomic E-state index is 6.37. The molecular formula is C44H29N3O. The number of hydrogen-bond donors (Lipinski definition) is 0. The van der Waals surface area contributed by atoms with Crippen molar-refractivity contribution in [2.24, 2.45) is 0 Å². The molecule has 226 valence electrons. The SMILES string of the molecule is c1ccc(-c2ccc(-c3ccc4oc5cccc(Cc6nc(-c7ccccc7)nc(-c7ccc8ccccc8c7)n6)c5c4c3)cc2)cc1. The standard InChI is InChI=1S/C44H29N3O/c1-3-10-29(11-4-1)31-18-20-32(21-19-31)35-24-25-39-38(27-35)42-36(16-9-17-40(42)48-39)28-41-45-43(33-13-5-2-6-14-33)47-44(46-41)37-23-22-30-12-7-8-15-34(30)26-37/h1-27H,28H2. The zero-order valence-electron chi connectivity index (χ0n) is 26.0. The van der Waals surface area contributed by atoms with Gasteiger partial charge in [-0.1, -0.05) is 140 Å². The predicted molar refractivity (Wildman–Crippen MR) is 196 cm³/mol. The van der Waals surface area contributed by atoms with Crippen molar-refractivity contribution in [3.63, 3.8) is 0 Å². The Balaban J connectivity index is 1.13. The highest BCUT2D eigenvalue weighted by atomic mass is 16.3. The molecule has 48 heavy (non-hydrogen) atoms. The van der Waals surface area contributed by atoms with E-state index in [0.717, 1.165) is 55.1 Å². The maximum atomic E-state index is 6.37. The topological polar surface area (TPSA) is 51.8 Å². The summed E-state index contributed by atoms with van der Waals surface area (Å²) in [5.74, 6) is 2.03. The van der Waals surface area contributed by atoms with Crippen LogP contribution in [0.1, 0.15) is 11.4 Å². The molecule has 2 aromatic heterocycles. The summed E-state index contributed by atoms with van der Waals surface area (Å²) >= 11 is 0. The second-order valence-corrected chi connectivity index (χ2v) is 12.1. The summed E-state index contributed by atoms with van der Waals surface area (Å²) in [5.41, 5.74) is 9.46. The van der Waals surface area contributed by atoms with Gasteiger partial charge in [0.05, 0.1) is 0 Å². The van der Waals surface area contributed by atoms with Gasteiger partial charge >= 0.3 is 0 Å². The molecule has 0 amide bonds. The lowest BCUT2D eigenvalue weighted by molar-refractivity contribution is 0.668. The molecule has 0 aliphatic carbocycles. The molecule has 0 atom stereocenters. The van der Waals surface area contributed by atoms with E-state index in [9.17, 15) is 0 Å². The Morgan fingerprint density at radius 2 is 1.00 bits per heavy atom. The average molecular weight is 616 g/mol. The third-order valence-corrected chi connectivity index (χ3v) is 8.98. The van der Waals surface area contributed by atoms with E-state index in [1.54, 1.807) is 0 Å². The van der Waals surface area contributed by atoms with Crippen molar-refractivity contribution < 1.29 is 4.42 Å². The van der Waals surface area contributed by atoms with Crippen molar-refractivity contribution in [3.8, 4) is 45.0 Å². The third kappa shape index (κ3) is 5.20. The second-order valence-electron chi connectivity index (χ2n) is 12.1. The Hall–Kier alpha value is -6.39. The van der Waals surface area contributed by atoms with E-state index in [4.69, 9.17) is 19.4 Å². The van der Waals surface area contributed by atoms with Gasteiger partial charge < -0.3 is 4.42 Å². The van der Waals surface area contributed by atoms with E-state index < -0.39 is 0 Å². The van der Waals surface area contributed by atoms with Crippen molar-refractivity contribution in [1.29, 1.82) is 0 Å². The van der Waals surface area contributed by atoms with Gasteiger partial charge in [0.1, 0.15) is 17.0 Å². The minimum atomic E-state index is 0.533. The molecule has 4 nitrogen and oxygen atoms in total. The van der Waals surface area contributed by atoms with Crippen LogP contribution in [-0.2, 0) is 6.42 Å². The Bertz CT molecular complexity index is 2570. The molecule has 7 aromatic carbocycles. The van der Waals surface area contributed by atoms with Crippen LogP contribution in [0.15, 0.2) is 168 Å². The molecule has 4 heteroatoms. The molecule has 0 aliphatic rings. The molecule has 0 N–H and O–H groups in total. The predicted octanol–water partition coefficient (Wildman–Crippen LogP) is 11.2. The Labute approximate surface area is 278 Å². The molecule has 2 heterocycles. The van der Waals surface area contributed by atoms with Crippen molar-refractivity contribution in [2.45, 2.75) is 6.42 Å². The van der Waals surface area contributed by atoms with E-state index in [2.05, 4.69) is 115 Å². The van der Waals surface area contributed by atoms with Crippen LogP contribution in [0, 0.1) is 0 Å². The highest BCUT2D eigenvalue weighted by Crippen LogP contribution is 2.36. The van der Waals surface area contributed by atoms with Crippen LogP contribution in [0.4, 0.5) is 0 Å². The summed E-state index contributed by atoms with van der Waals surface area (Å²) in [4.78, 5) is 15.0. The van der Waals surface area contributed by atoms with Crippen molar-refractivity contribution >= 4 is 32.7 Å². The largest absolute Gasteiger partial charge is 0.456 e. The van der Waals surface area contributed by atoms with Gasteiger partial charge in [-0.25, -0.2) is 15.0 Å². The summed E-state index contributed by atoms with van der Waals surface area (Å²) in [6.07, 6.45) is 0.533. The molecular weight excluding hydrogens is 587 g/mol. The Morgan fingerprint density at radius 1 is 0.396 bits per heavy atom.